The standard InChI is InChI=1S/C11H13ClN2O3S/c1-7-10(8(2)17-14-7)5-3-9-4-6-11(13-9)18(12,15)16/h4,6,13H,3,5H2,1-2H3. The van der Waals surface area contributed by atoms with E-state index in [1.165, 1.54) is 6.07 Å². The number of nitrogens with one attached hydrogen (secondary N) is 1. The summed E-state index contributed by atoms with van der Waals surface area (Å²) in [6.45, 7) is 3.74. The van der Waals surface area contributed by atoms with E-state index >= 15 is 0 Å². The number of rotatable bonds is 4. The number of halogens is 1. The van der Waals surface area contributed by atoms with Crippen molar-refractivity contribution < 1.29 is 12.9 Å². The molecule has 2 rings (SSSR count). The highest BCUT2D eigenvalue weighted by atomic mass is 35.7. The van der Waals surface area contributed by atoms with Crippen LogP contribution in [0.2, 0.25) is 0 Å². The summed E-state index contributed by atoms with van der Waals surface area (Å²) >= 11 is 0. The summed E-state index contributed by atoms with van der Waals surface area (Å²) in [4.78, 5) is 2.78. The van der Waals surface area contributed by atoms with Crippen molar-refractivity contribution in [2.75, 3.05) is 0 Å². The molecule has 5 nitrogen and oxygen atoms in total. The Balaban J connectivity index is 2.10. The van der Waals surface area contributed by atoms with Crippen LogP contribution in [0, 0.1) is 13.8 Å². The zero-order valence-corrected chi connectivity index (χ0v) is 11.6. The van der Waals surface area contributed by atoms with Gasteiger partial charge in [-0.1, -0.05) is 5.16 Å². The lowest BCUT2D eigenvalue weighted by atomic mass is 10.1. The van der Waals surface area contributed by atoms with E-state index in [0.717, 1.165) is 29.1 Å². The highest BCUT2D eigenvalue weighted by Crippen LogP contribution is 2.17. The molecule has 0 aliphatic heterocycles. The van der Waals surface area contributed by atoms with E-state index in [1.807, 2.05) is 13.8 Å². The van der Waals surface area contributed by atoms with Crippen molar-refractivity contribution in [1.29, 1.82) is 0 Å². The molecule has 7 heteroatoms. The topological polar surface area (TPSA) is 76.0 Å². The maximum atomic E-state index is 11.1. The van der Waals surface area contributed by atoms with E-state index in [4.69, 9.17) is 15.2 Å². The predicted octanol–water partition coefficient (Wildman–Crippen LogP) is 2.33. The molecular weight excluding hydrogens is 276 g/mol. The molecule has 1 N–H and O–H groups in total. The van der Waals surface area contributed by atoms with Crippen LogP contribution >= 0.6 is 10.7 Å². The second kappa shape index (κ2) is 4.78. The van der Waals surface area contributed by atoms with E-state index in [9.17, 15) is 8.42 Å². The average Bonchev–Trinajstić information content (AvgIpc) is 2.84. The minimum atomic E-state index is -3.68. The van der Waals surface area contributed by atoms with Crippen molar-refractivity contribution in [2.24, 2.45) is 0 Å². The van der Waals surface area contributed by atoms with E-state index in [0.29, 0.717) is 6.42 Å². The number of aryl methyl sites for hydroxylation is 3. The number of H-pyrrole nitrogens is 1. The first kappa shape index (κ1) is 13.2. The predicted molar refractivity (Wildman–Crippen MR) is 67.2 cm³/mol. The van der Waals surface area contributed by atoms with E-state index in [2.05, 4.69) is 10.1 Å². The highest BCUT2D eigenvalue weighted by molar-refractivity contribution is 8.13. The Kier molecular flexibility index (Phi) is 3.49. The summed E-state index contributed by atoms with van der Waals surface area (Å²) in [6, 6.07) is 3.18. The minimum Gasteiger partial charge on any atom is -0.361 e. The fraction of sp³-hybridized carbons (Fsp3) is 0.364. The molecule has 0 saturated heterocycles. The van der Waals surface area contributed by atoms with Gasteiger partial charge in [0.25, 0.3) is 9.05 Å². The number of nitrogens with zero attached hydrogens (tertiary/aromatic N) is 1. The van der Waals surface area contributed by atoms with Crippen LogP contribution < -0.4 is 0 Å². The summed E-state index contributed by atoms with van der Waals surface area (Å²) in [7, 11) is 1.55. The van der Waals surface area contributed by atoms with Crippen LogP contribution in [0.5, 0.6) is 0 Å². The molecule has 18 heavy (non-hydrogen) atoms. The molecule has 0 aliphatic rings. The van der Waals surface area contributed by atoms with Gasteiger partial charge in [-0.3, -0.25) is 0 Å². The zero-order valence-electron chi connectivity index (χ0n) is 10.0. The van der Waals surface area contributed by atoms with Gasteiger partial charge >= 0.3 is 0 Å². The second-order valence-electron chi connectivity index (χ2n) is 4.09. The quantitative estimate of drug-likeness (QED) is 0.876. The number of hydrogen-bond acceptors (Lipinski definition) is 4. The van der Waals surface area contributed by atoms with Gasteiger partial charge in [0.2, 0.25) is 0 Å². The average molecular weight is 289 g/mol. The fourth-order valence-electron chi connectivity index (χ4n) is 1.82. The molecule has 0 aromatic carbocycles. The monoisotopic (exact) mass is 288 g/mol. The molecule has 0 fully saturated rings. The second-order valence-corrected chi connectivity index (χ2v) is 6.62. The molecule has 0 saturated carbocycles. The molecule has 0 unspecified atom stereocenters. The van der Waals surface area contributed by atoms with Gasteiger partial charge in [-0.05, 0) is 38.8 Å². The first-order valence-electron chi connectivity index (χ1n) is 5.42. The van der Waals surface area contributed by atoms with E-state index < -0.39 is 9.05 Å². The molecule has 0 aliphatic carbocycles. The summed E-state index contributed by atoms with van der Waals surface area (Å²) in [6.07, 6.45) is 1.42. The van der Waals surface area contributed by atoms with Gasteiger partial charge in [-0.25, -0.2) is 8.42 Å². The number of hydrogen-bond donors (Lipinski definition) is 1. The largest absolute Gasteiger partial charge is 0.361 e. The lowest BCUT2D eigenvalue weighted by molar-refractivity contribution is 0.392. The minimum absolute atomic E-state index is 0.0259. The Bertz CT molecular complexity index is 638. The van der Waals surface area contributed by atoms with Crippen LogP contribution in [0.25, 0.3) is 0 Å². The first-order valence-corrected chi connectivity index (χ1v) is 7.73. The Hall–Kier alpha value is -1.27. The van der Waals surface area contributed by atoms with Crippen molar-refractivity contribution in [3.63, 3.8) is 0 Å². The van der Waals surface area contributed by atoms with Gasteiger partial charge in [0, 0.05) is 21.9 Å². The first-order chi connectivity index (χ1) is 8.38. The van der Waals surface area contributed by atoms with E-state index in [1.54, 1.807) is 6.07 Å². The van der Waals surface area contributed by atoms with Crippen LogP contribution in [0.15, 0.2) is 21.7 Å². The molecule has 98 valence electrons. The van der Waals surface area contributed by atoms with Gasteiger partial charge < -0.3 is 9.51 Å². The molecule has 0 spiro atoms. The lowest BCUT2D eigenvalue weighted by Gasteiger charge is -1.98. The maximum Gasteiger partial charge on any atom is 0.276 e. The Morgan fingerprint density at radius 3 is 2.56 bits per heavy atom. The van der Waals surface area contributed by atoms with Gasteiger partial charge in [-0.15, -0.1) is 0 Å². The van der Waals surface area contributed by atoms with Gasteiger partial charge in [0.1, 0.15) is 10.8 Å². The van der Waals surface area contributed by atoms with Crippen LogP contribution in [-0.4, -0.2) is 18.6 Å². The van der Waals surface area contributed by atoms with Gasteiger partial charge in [-0.2, -0.15) is 0 Å². The zero-order chi connectivity index (χ0) is 13.3. The van der Waals surface area contributed by atoms with Crippen LogP contribution in [0.1, 0.15) is 22.7 Å². The molecule has 2 aromatic rings. The number of aromatic amines is 1. The number of aromatic nitrogens is 2. The van der Waals surface area contributed by atoms with Crippen LogP contribution in [-0.2, 0) is 21.9 Å². The normalized spacial score (nSPS) is 11.9. The molecule has 0 bridgehead atoms. The molecule has 0 atom stereocenters. The summed E-state index contributed by atoms with van der Waals surface area (Å²) in [5.74, 6) is 0.796. The smallest absolute Gasteiger partial charge is 0.276 e. The molecular formula is C11H13ClN2O3S. The summed E-state index contributed by atoms with van der Waals surface area (Å²) < 4.78 is 27.3. The highest BCUT2D eigenvalue weighted by Gasteiger charge is 2.13. The van der Waals surface area contributed by atoms with Crippen molar-refractivity contribution in [2.45, 2.75) is 31.7 Å². The van der Waals surface area contributed by atoms with Gasteiger partial charge in [0.05, 0.1) is 5.69 Å². The summed E-state index contributed by atoms with van der Waals surface area (Å²) in [5.41, 5.74) is 2.73. The lowest BCUT2D eigenvalue weighted by Crippen LogP contribution is -1.96. The van der Waals surface area contributed by atoms with E-state index in [-0.39, 0.29) is 5.03 Å². The van der Waals surface area contributed by atoms with Crippen molar-refractivity contribution in [3.05, 3.63) is 34.8 Å². The van der Waals surface area contributed by atoms with Crippen molar-refractivity contribution in [1.82, 2.24) is 10.1 Å². The Morgan fingerprint density at radius 2 is 2.06 bits per heavy atom. The maximum absolute atomic E-state index is 11.1. The van der Waals surface area contributed by atoms with Crippen LogP contribution in [0.3, 0.4) is 0 Å². The molecule has 2 heterocycles. The molecule has 2 aromatic heterocycles. The SMILES string of the molecule is Cc1noc(C)c1CCc1ccc(S(=O)(=O)Cl)[nH]1. The molecule has 0 amide bonds. The Morgan fingerprint density at radius 1 is 1.33 bits per heavy atom. The van der Waals surface area contributed by atoms with Gasteiger partial charge in [0.15, 0.2) is 0 Å². The third-order valence-electron chi connectivity index (χ3n) is 2.81. The third kappa shape index (κ3) is 2.76. The fourth-order valence-corrected chi connectivity index (χ4v) is 2.58. The summed E-state index contributed by atoms with van der Waals surface area (Å²) in [5, 5.41) is 3.90. The molecule has 0 radical (unpaired) electrons. The third-order valence-corrected chi connectivity index (χ3v) is 4.07. The van der Waals surface area contributed by atoms with Crippen molar-refractivity contribution in [3.8, 4) is 0 Å². The van der Waals surface area contributed by atoms with Crippen molar-refractivity contribution >= 4 is 19.7 Å². The van der Waals surface area contributed by atoms with Crippen LogP contribution in [0.4, 0.5) is 0 Å². The Labute approximate surface area is 110 Å².